The number of amides is 2. The van der Waals surface area contributed by atoms with Gasteiger partial charge in [-0.2, -0.15) is 0 Å². The number of nitrogens with zero attached hydrogens (tertiary/aromatic N) is 2. The molecule has 3 rings (SSSR count). The van der Waals surface area contributed by atoms with Crippen LogP contribution in [0.4, 0.5) is 5.69 Å². The third kappa shape index (κ3) is 7.30. The highest BCUT2D eigenvalue weighted by atomic mass is 79.9. The number of benzene rings is 2. The van der Waals surface area contributed by atoms with Crippen molar-refractivity contribution in [3.63, 3.8) is 0 Å². The number of carbonyl (C=O) groups is 2. The highest BCUT2D eigenvalue weighted by Gasteiger charge is 2.31. The van der Waals surface area contributed by atoms with Crippen molar-refractivity contribution in [1.82, 2.24) is 10.2 Å². The van der Waals surface area contributed by atoms with Crippen molar-refractivity contribution in [2.24, 2.45) is 0 Å². The van der Waals surface area contributed by atoms with Crippen LogP contribution >= 0.6 is 15.9 Å². The van der Waals surface area contributed by atoms with Crippen molar-refractivity contribution in [3.8, 4) is 0 Å². The van der Waals surface area contributed by atoms with Gasteiger partial charge in [0.1, 0.15) is 12.6 Å². The maximum Gasteiger partial charge on any atom is 0.244 e. The number of para-hydroxylation sites is 1. The lowest BCUT2D eigenvalue weighted by molar-refractivity contribution is -0.139. The molecule has 1 unspecified atom stereocenters. The molecule has 0 saturated heterocycles. The third-order valence-corrected chi connectivity index (χ3v) is 8.32. The number of hydrogen-bond acceptors (Lipinski definition) is 4. The van der Waals surface area contributed by atoms with Crippen molar-refractivity contribution in [2.45, 2.75) is 64.6 Å². The molecule has 190 valence electrons. The number of rotatable bonds is 9. The second-order valence-electron chi connectivity index (χ2n) is 9.19. The van der Waals surface area contributed by atoms with Crippen molar-refractivity contribution in [2.75, 3.05) is 17.1 Å². The Hall–Kier alpha value is -2.39. The molecule has 2 aromatic rings. The van der Waals surface area contributed by atoms with Crippen LogP contribution in [0.15, 0.2) is 53.0 Å². The molecule has 0 spiro atoms. The standard InChI is InChI=1S/C26H34BrN3O4S/c1-19-11-7-8-12-21(19)17-29(20(2)26(32)28-22-13-5-4-6-14-22)25(31)18-30(35(3,33)34)24-16-10-9-15-23(24)27/h7-12,15-16,20,22H,4-6,13-14,17-18H2,1-3H3,(H,28,32). The molecule has 0 aliphatic heterocycles. The van der Waals surface area contributed by atoms with E-state index in [1.54, 1.807) is 31.2 Å². The van der Waals surface area contributed by atoms with Crippen LogP contribution in [-0.4, -0.2) is 50.0 Å². The van der Waals surface area contributed by atoms with Crippen LogP contribution in [0.3, 0.4) is 0 Å². The molecule has 0 aromatic heterocycles. The summed E-state index contributed by atoms with van der Waals surface area (Å²) in [6.45, 7) is 3.46. The second kappa shape index (κ2) is 12.0. The van der Waals surface area contributed by atoms with Crippen LogP contribution in [0.1, 0.15) is 50.2 Å². The highest BCUT2D eigenvalue weighted by molar-refractivity contribution is 9.10. The summed E-state index contributed by atoms with van der Waals surface area (Å²) in [5.74, 6) is -0.661. The Morgan fingerprint density at radius 2 is 1.69 bits per heavy atom. The van der Waals surface area contributed by atoms with E-state index in [2.05, 4.69) is 21.2 Å². The minimum absolute atomic E-state index is 0.113. The summed E-state index contributed by atoms with van der Waals surface area (Å²) in [6, 6.07) is 13.9. The van der Waals surface area contributed by atoms with E-state index in [4.69, 9.17) is 0 Å². The van der Waals surface area contributed by atoms with Crippen molar-refractivity contribution >= 4 is 43.5 Å². The predicted molar refractivity (Wildman–Crippen MR) is 143 cm³/mol. The molecule has 7 nitrogen and oxygen atoms in total. The Morgan fingerprint density at radius 3 is 2.31 bits per heavy atom. The third-order valence-electron chi connectivity index (χ3n) is 6.52. The Bertz CT molecular complexity index is 1150. The quantitative estimate of drug-likeness (QED) is 0.490. The summed E-state index contributed by atoms with van der Waals surface area (Å²) >= 11 is 3.39. The van der Waals surface area contributed by atoms with Gasteiger partial charge in [-0.15, -0.1) is 0 Å². The number of carbonyl (C=O) groups excluding carboxylic acids is 2. The van der Waals surface area contributed by atoms with Gasteiger partial charge in [-0.3, -0.25) is 13.9 Å². The van der Waals surface area contributed by atoms with Gasteiger partial charge in [-0.1, -0.05) is 55.7 Å². The zero-order valence-electron chi connectivity index (χ0n) is 20.5. The average molecular weight is 565 g/mol. The van der Waals surface area contributed by atoms with E-state index in [9.17, 15) is 18.0 Å². The number of sulfonamides is 1. The number of hydrogen-bond donors (Lipinski definition) is 1. The first-order valence-corrected chi connectivity index (χ1v) is 14.6. The van der Waals surface area contributed by atoms with Gasteiger partial charge in [0.15, 0.2) is 0 Å². The smallest absolute Gasteiger partial charge is 0.244 e. The number of aryl methyl sites for hydroxylation is 1. The van der Waals surface area contributed by atoms with Crippen LogP contribution < -0.4 is 9.62 Å². The van der Waals surface area contributed by atoms with E-state index < -0.39 is 28.5 Å². The first kappa shape index (κ1) is 27.2. The van der Waals surface area contributed by atoms with Crippen molar-refractivity contribution in [3.05, 3.63) is 64.1 Å². The van der Waals surface area contributed by atoms with E-state index in [0.717, 1.165) is 47.4 Å². The topological polar surface area (TPSA) is 86.8 Å². The van der Waals surface area contributed by atoms with Gasteiger partial charge in [-0.25, -0.2) is 8.42 Å². The summed E-state index contributed by atoms with van der Waals surface area (Å²) in [4.78, 5) is 28.3. The fourth-order valence-corrected chi connectivity index (χ4v) is 5.85. The summed E-state index contributed by atoms with van der Waals surface area (Å²) in [5.41, 5.74) is 2.28. The largest absolute Gasteiger partial charge is 0.352 e. The Morgan fingerprint density at radius 1 is 1.06 bits per heavy atom. The summed E-state index contributed by atoms with van der Waals surface area (Å²) < 4.78 is 27.0. The first-order chi connectivity index (χ1) is 16.6. The lowest BCUT2D eigenvalue weighted by Crippen LogP contribution is -2.53. The van der Waals surface area contributed by atoms with Gasteiger partial charge in [0.25, 0.3) is 0 Å². The molecule has 1 atom stereocenters. The summed E-state index contributed by atoms with van der Waals surface area (Å²) in [5, 5.41) is 3.11. The van der Waals surface area contributed by atoms with Gasteiger partial charge in [0, 0.05) is 17.1 Å². The highest BCUT2D eigenvalue weighted by Crippen LogP contribution is 2.28. The molecule has 0 heterocycles. The fraction of sp³-hybridized carbons (Fsp3) is 0.462. The van der Waals surface area contributed by atoms with Gasteiger partial charge in [0.05, 0.1) is 11.9 Å². The first-order valence-electron chi connectivity index (χ1n) is 11.9. The monoisotopic (exact) mass is 563 g/mol. The Balaban J connectivity index is 1.89. The molecule has 2 amide bonds. The molecule has 1 aliphatic rings. The number of nitrogens with one attached hydrogen (secondary N) is 1. The Labute approximate surface area is 217 Å². The molecule has 1 fully saturated rings. The van der Waals surface area contributed by atoms with E-state index in [-0.39, 0.29) is 18.5 Å². The van der Waals surface area contributed by atoms with Crippen molar-refractivity contribution in [1.29, 1.82) is 0 Å². The SMILES string of the molecule is Cc1ccccc1CN(C(=O)CN(c1ccccc1Br)S(C)(=O)=O)C(C)C(=O)NC1CCCCC1. The zero-order valence-corrected chi connectivity index (χ0v) is 22.9. The van der Waals surface area contributed by atoms with Crippen LogP contribution in [-0.2, 0) is 26.2 Å². The van der Waals surface area contributed by atoms with E-state index in [0.29, 0.717) is 10.2 Å². The molecule has 1 saturated carbocycles. The van der Waals surface area contributed by atoms with Crippen molar-refractivity contribution < 1.29 is 18.0 Å². The maximum absolute atomic E-state index is 13.7. The van der Waals surface area contributed by atoms with E-state index in [1.165, 1.54) is 11.3 Å². The van der Waals surface area contributed by atoms with Gasteiger partial charge >= 0.3 is 0 Å². The Kier molecular flexibility index (Phi) is 9.35. The van der Waals surface area contributed by atoms with E-state index >= 15 is 0 Å². The zero-order chi connectivity index (χ0) is 25.6. The molecule has 35 heavy (non-hydrogen) atoms. The second-order valence-corrected chi connectivity index (χ2v) is 11.9. The van der Waals surface area contributed by atoms with Gasteiger partial charge in [-0.05, 0) is 65.9 Å². The van der Waals surface area contributed by atoms with Gasteiger partial charge in [0.2, 0.25) is 21.8 Å². The fourth-order valence-electron chi connectivity index (χ4n) is 4.37. The van der Waals surface area contributed by atoms with Crippen LogP contribution in [0.5, 0.6) is 0 Å². The molecule has 1 N–H and O–H groups in total. The minimum Gasteiger partial charge on any atom is -0.352 e. The lowest BCUT2D eigenvalue weighted by Gasteiger charge is -2.33. The normalized spacial score (nSPS) is 15.3. The molecule has 1 aliphatic carbocycles. The van der Waals surface area contributed by atoms with Crippen LogP contribution in [0.2, 0.25) is 0 Å². The summed E-state index contributed by atoms with van der Waals surface area (Å²) in [7, 11) is -3.76. The molecular formula is C26H34BrN3O4S. The lowest BCUT2D eigenvalue weighted by atomic mass is 9.95. The average Bonchev–Trinajstić information content (AvgIpc) is 2.82. The molecular weight excluding hydrogens is 530 g/mol. The molecule has 0 bridgehead atoms. The maximum atomic E-state index is 13.7. The van der Waals surface area contributed by atoms with E-state index in [1.807, 2.05) is 31.2 Å². The minimum atomic E-state index is -3.76. The number of anilines is 1. The van der Waals surface area contributed by atoms with Gasteiger partial charge < -0.3 is 10.2 Å². The summed E-state index contributed by atoms with van der Waals surface area (Å²) in [6.07, 6.45) is 6.30. The molecule has 0 radical (unpaired) electrons. The van der Waals surface area contributed by atoms with Crippen LogP contribution in [0, 0.1) is 6.92 Å². The molecule has 2 aromatic carbocycles. The van der Waals surface area contributed by atoms with Crippen LogP contribution in [0.25, 0.3) is 0 Å². The number of halogens is 1. The molecule has 9 heteroatoms. The predicted octanol–water partition coefficient (Wildman–Crippen LogP) is 4.39.